The van der Waals surface area contributed by atoms with Gasteiger partial charge in [0.2, 0.25) is 5.91 Å². The number of alkyl carbamates (subject to hydrolysis) is 1. The summed E-state index contributed by atoms with van der Waals surface area (Å²) in [6.07, 6.45) is 5.40. The minimum atomic E-state index is -0.677. The van der Waals surface area contributed by atoms with E-state index in [2.05, 4.69) is 5.32 Å². The predicted octanol–water partition coefficient (Wildman–Crippen LogP) is 2.99. The lowest BCUT2D eigenvalue weighted by Gasteiger charge is -2.58. The second kappa shape index (κ2) is 6.63. The first kappa shape index (κ1) is 19.5. The van der Waals surface area contributed by atoms with Gasteiger partial charge in [0.15, 0.2) is 0 Å². The van der Waals surface area contributed by atoms with E-state index in [0.717, 1.165) is 32.1 Å². The van der Waals surface area contributed by atoms with Gasteiger partial charge >= 0.3 is 12.1 Å². The van der Waals surface area contributed by atoms with Crippen LogP contribution >= 0.6 is 0 Å². The third-order valence-corrected chi connectivity index (χ3v) is 7.08. The molecule has 7 heteroatoms. The van der Waals surface area contributed by atoms with Crippen molar-refractivity contribution < 1.29 is 24.2 Å². The zero-order chi connectivity index (χ0) is 20.3. The van der Waals surface area contributed by atoms with Gasteiger partial charge < -0.3 is 20.1 Å². The molecule has 7 nitrogen and oxygen atoms in total. The quantitative estimate of drug-likeness (QED) is 0.701. The van der Waals surface area contributed by atoms with Gasteiger partial charge in [0.05, 0.1) is 12.1 Å². The van der Waals surface area contributed by atoms with Crippen molar-refractivity contribution in [3.05, 3.63) is 0 Å². The number of ether oxygens (including phenoxy) is 1. The Balaban J connectivity index is 1.44. The van der Waals surface area contributed by atoms with Gasteiger partial charge in [0.25, 0.3) is 0 Å². The van der Waals surface area contributed by atoms with E-state index in [1.54, 1.807) is 0 Å². The SMILES string of the molecule is CC(C)(C)OC(=O)NCN(C(=O)C1C2CC3CC1CC(C(=O)O)(C3)C2)C1CC1. The Kier molecular flexibility index (Phi) is 4.62. The minimum Gasteiger partial charge on any atom is -0.481 e. The number of aliphatic carboxylic acids is 1. The Labute approximate surface area is 166 Å². The average molecular weight is 392 g/mol. The van der Waals surface area contributed by atoms with Gasteiger partial charge in [0, 0.05) is 12.0 Å². The molecule has 5 fully saturated rings. The van der Waals surface area contributed by atoms with Crippen molar-refractivity contribution in [2.24, 2.45) is 29.1 Å². The summed E-state index contributed by atoms with van der Waals surface area (Å²) < 4.78 is 5.29. The molecular weight excluding hydrogens is 360 g/mol. The summed E-state index contributed by atoms with van der Waals surface area (Å²) in [4.78, 5) is 39.2. The molecule has 0 spiro atoms. The first-order chi connectivity index (χ1) is 13.1. The molecule has 0 saturated heterocycles. The number of amides is 2. The van der Waals surface area contributed by atoms with Crippen molar-refractivity contribution >= 4 is 18.0 Å². The maximum atomic E-state index is 13.5. The van der Waals surface area contributed by atoms with Gasteiger partial charge in [-0.2, -0.15) is 0 Å². The van der Waals surface area contributed by atoms with Crippen LogP contribution in [-0.2, 0) is 14.3 Å². The first-order valence-corrected chi connectivity index (χ1v) is 10.6. The molecule has 2 atom stereocenters. The lowest BCUT2D eigenvalue weighted by atomic mass is 9.46. The number of nitrogens with zero attached hydrogens (tertiary/aromatic N) is 1. The molecule has 0 aromatic carbocycles. The second-order valence-corrected chi connectivity index (χ2v) is 10.5. The summed E-state index contributed by atoms with van der Waals surface area (Å²) in [6.45, 7) is 5.59. The molecule has 0 aliphatic heterocycles. The van der Waals surface area contributed by atoms with Crippen molar-refractivity contribution in [3.8, 4) is 0 Å². The van der Waals surface area contributed by atoms with E-state index in [1.165, 1.54) is 0 Å². The van der Waals surface area contributed by atoms with Crippen molar-refractivity contribution in [3.63, 3.8) is 0 Å². The van der Waals surface area contributed by atoms with E-state index in [1.807, 2.05) is 25.7 Å². The van der Waals surface area contributed by atoms with Gasteiger partial charge in [-0.3, -0.25) is 9.59 Å². The van der Waals surface area contributed by atoms with E-state index in [9.17, 15) is 19.5 Å². The Morgan fingerprint density at radius 1 is 1.11 bits per heavy atom. The first-order valence-electron chi connectivity index (χ1n) is 10.6. The van der Waals surface area contributed by atoms with Crippen LogP contribution in [0, 0.1) is 29.1 Å². The molecule has 5 rings (SSSR count). The van der Waals surface area contributed by atoms with E-state index in [0.29, 0.717) is 18.8 Å². The minimum absolute atomic E-state index is 0.0925. The molecule has 4 bridgehead atoms. The van der Waals surface area contributed by atoms with Gasteiger partial charge in [-0.25, -0.2) is 4.79 Å². The molecular formula is C21H32N2O5. The van der Waals surface area contributed by atoms with Gasteiger partial charge in [-0.05, 0) is 83.5 Å². The molecule has 0 aromatic rings. The van der Waals surface area contributed by atoms with Gasteiger partial charge in [-0.15, -0.1) is 0 Å². The molecule has 0 aromatic heterocycles. The summed E-state index contributed by atoms with van der Waals surface area (Å²) >= 11 is 0. The van der Waals surface area contributed by atoms with Crippen molar-refractivity contribution in [2.75, 3.05) is 6.67 Å². The maximum absolute atomic E-state index is 13.5. The number of nitrogens with one attached hydrogen (secondary N) is 1. The summed E-state index contributed by atoms with van der Waals surface area (Å²) in [5.74, 6) is 0.114. The number of carboxylic acids is 1. The van der Waals surface area contributed by atoms with Crippen LogP contribution in [-0.4, -0.2) is 46.3 Å². The van der Waals surface area contributed by atoms with Gasteiger partial charge in [-0.1, -0.05) is 0 Å². The number of rotatable bonds is 5. The van der Waals surface area contributed by atoms with Crippen LogP contribution in [0.5, 0.6) is 0 Å². The molecule has 0 heterocycles. The van der Waals surface area contributed by atoms with Crippen LogP contribution in [0.3, 0.4) is 0 Å². The highest BCUT2D eigenvalue weighted by Gasteiger charge is 2.61. The topological polar surface area (TPSA) is 95.9 Å². The predicted molar refractivity (Wildman–Crippen MR) is 101 cm³/mol. The van der Waals surface area contributed by atoms with Crippen LogP contribution < -0.4 is 5.32 Å². The monoisotopic (exact) mass is 392 g/mol. The van der Waals surface area contributed by atoms with Gasteiger partial charge in [0.1, 0.15) is 5.60 Å². The Morgan fingerprint density at radius 3 is 2.21 bits per heavy atom. The smallest absolute Gasteiger partial charge is 0.409 e. The zero-order valence-electron chi connectivity index (χ0n) is 17.1. The van der Waals surface area contributed by atoms with E-state index in [4.69, 9.17) is 4.74 Å². The second-order valence-electron chi connectivity index (χ2n) is 10.5. The highest BCUT2D eigenvalue weighted by Crippen LogP contribution is 2.62. The molecule has 5 saturated carbocycles. The lowest BCUT2D eigenvalue weighted by Crippen LogP contribution is -2.58. The lowest BCUT2D eigenvalue weighted by molar-refractivity contribution is -0.177. The standard InChI is InChI=1S/C21H32N2O5/c1-20(2,3)28-19(27)22-11-23(15-4-5-15)17(24)16-13-6-12-7-14(16)10-21(8-12,9-13)18(25)26/h12-16H,4-11H2,1-3H3,(H,22,27)(H,25,26). The zero-order valence-corrected chi connectivity index (χ0v) is 17.1. The fourth-order valence-corrected chi connectivity index (χ4v) is 6.12. The number of carboxylic acid groups (broad SMARTS) is 1. The van der Waals surface area contributed by atoms with Crippen LogP contribution in [0.15, 0.2) is 0 Å². The summed E-state index contributed by atoms with van der Waals surface area (Å²) in [7, 11) is 0. The summed E-state index contributed by atoms with van der Waals surface area (Å²) in [5.41, 5.74) is -1.18. The Bertz CT molecular complexity index is 665. The highest BCUT2D eigenvalue weighted by atomic mass is 16.6. The van der Waals surface area contributed by atoms with Crippen LogP contribution in [0.4, 0.5) is 4.79 Å². The molecule has 5 aliphatic carbocycles. The van der Waals surface area contributed by atoms with E-state index in [-0.39, 0.29) is 36.4 Å². The van der Waals surface area contributed by atoms with Crippen molar-refractivity contribution in [1.82, 2.24) is 10.2 Å². The third kappa shape index (κ3) is 3.60. The van der Waals surface area contributed by atoms with Crippen LogP contribution in [0.1, 0.15) is 65.7 Å². The Hall–Kier alpha value is -1.79. The fraction of sp³-hybridized carbons (Fsp3) is 0.857. The normalized spacial score (nSPS) is 36.1. The molecule has 28 heavy (non-hydrogen) atoms. The highest BCUT2D eigenvalue weighted by molar-refractivity contribution is 5.82. The Morgan fingerprint density at radius 2 is 1.71 bits per heavy atom. The number of carbonyl (C=O) groups excluding carboxylic acids is 2. The average Bonchev–Trinajstić information content (AvgIpc) is 3.37. The number of hydrogen-bond acceptors (Lipinski definition) is 4. The number of carbonyl (C=O) groups is 3. The largest absolute Gasteiger partial charge is 0.481 e. The van der Waals surface area contributed by atoms with Crippen LogP contribution in [0.2, 0.25) is 0 Å². The molecule has 2 N–H and O–H groups in total. The molecule has 156 valence electrons. The van der Waals surface area contributed by atoms with E-state index < -0.39 is 23.1 Å². The summed E-state index contributed by atoms with van der Waals surface area (Å²) in [5, 5.41) is 12.5. The van der Waals surface area contributed by atoms with E-state index >= 15 is 0 Å². The summed E-state index contributed by atoms with van der Waals surface area (Å²) in [6, 6.07) is 0.188. The van der Waals surface area contributed by atoms with Crippen molar-refractivity contribution in [1.29, 1.82) is 0 Å². The van der Waals surface area contributed by atoms with Crippen molar-refractivity contribution in [2.45, 2.75) is 77.4 Å². The van der Waals surface area contributed by atoms with Crippen LogP contribution in [0.25, 0.3) is 0 Å². The molecule has 0 radical (unpaired) electrons. The maximum Gasteiger partial charge on any atom is 0.409 e. The molecule has 5 aliphatic rings. The fourth-order valence-electron chi connectivity index (χ4n) is 6.12. The molecule has 2 amide bonds. The molecule has 2 unspecified atom stereocenters. The third-order valence-electron chi connectivity index (χ3n) is 7.08. The number of hydrogen-bond donors (Lipinski definition) is 2.